The van der Waals surface area contributed by atoms with Crippen LogP contribution in [0.4, 0.5) is 0 Å². The first kappa shape index (κ1) is 32.3. The second-order valence-corrected chi connectivity index (χ2v) is 11.9. The van der Waals surface area contributed by atoms with E-state index in [9.17, 15) is 39.3 Å². The SMILES string of the molecule is C[C@H](OC(=O)[C@H](CC(=O)OC1=CC[C@@]2(O)[C@H]3Cc4ccc(CO)c5c4[C@@]2(CCCN3C)[C@H]1O5)OC(=O)C[C@H](O)C(=O)O)C(=O)O. The van der Waals surface area contributed by atoms with Gasteiger partial charge < -0.3 is 49.4 Å². The first-order valence-corrected chi connectivity index (χ1v) is 14.5. The van der Waals surface area contributed by atoms with Gasteiger partial charge in [-0.2, -0.15) is 0 Å². The average Bonchev–Trinajstić information content (AvgIpc) is 3.31. The zero-order valence-electron chi connectivity index (χ0n) is 24.6. The fourth-order valence-corrected chi connectivity index (χ4v) is 7.14. The number of carboxylic acid groups (broad SMARTS) is 2. The lowest BCUT2D eigenvalue weighted by Crippen LogP contribution is -2.69. The molecule has 0 amide bonds. The molecule has 1 aromatic carbocycles. The molecule has 4 aliphatic rings. The van der Waals surface area contributed by atoms with E-state index in [1.54, 1.807) is 6.07 Å². The van der Waals surface area contributed by atoms with Crippen molar-refractivity contribution >= 4 is 29.8 Å². The molecule has 244 valence electrons. The molecule has 1 saturated heterocycles. The Morgan fingerprint density at radius 2 is 1.82 bits per heavy atom. The van der Waals surface area contributed by atoms with Gasteiger partial charge in [-0.05, 0) is 51.4 Å². The summed E-state index contributed by atoms with van der Waals surface area (Å²) < 4.78 is 21.8. The van der Waals surface area contributed by atoms with E-state index >= 15 is 0 Å². The number of carboxylic acids is 2. The van der Waals surface area contributed by atoms with Crippen molar-refractivity contribution in [1.82, 2.24) is 4.90 Å². The van der Waals surface area contributed by atoms with E-state index in [0.29, 0.717) is 37.1 Å². The Hall–Kier alpha value is -4.05. The molecule has 2 bridgehead atoms. The molecule has 45 heavy (non-hydrogen) atoms. The third-order valence-corrected chi connectivity index (χ3v) is 9.26. The highest BCUT2D eigenvalue weighted by Gasteiger charge is 2.70. The summed E-state index contributed by atoms with van der Waals surface area (Å²) in [6.07, 6.45) is -5.52. The Morgan fingerprint density at radius 3 is 2.49 bits per heavy atom. The van der Waals surface area contributed by atoms with Crippen molar-refractivity contribution in [2.75, 3.05) is 13.6 Å². The number of carbonyl (C=O) groups excluding carboxylic acids is 3. The number of nitrogens with zero attached hydrogens (tertiary/aromatic N) is 1. The third-order valence-electron chi connectivity index (χ3n) is 9.26. The predicted octanol–water partition coefficient (Wildman–Crippen LogP) is -0.456. The third kappa shape index (κ3) is 5.43. The van der Waals surface area contributed by atoms with Crippen LogP contribution in [0.25, 0.3) is 0 Å². The molecule has 15 nitrogen and oxygen atoms in total. The lowest BCUT2D eigenvalue weighted by molar-refractivity contribution is -0.179. The van der Waals surface area contributed by atoms with Gasteiger partial charge in [0.25, 0.3) is 0 Å². The molecule has 15 heteroatoms. The summed E-state index contributed by atoms with van der Waals surface area (Å²) in [5.41, 5.74) is -0.121. The number of carbonyl (C=O) groups is 5. The summed E-state index contributed by atoms with van der Waals surface area (Å²) in [5, 5.41) is 50.0. The molecule has 5 rings (SSSR count). The van der Waals surface area contributed by atoms with Crippen molar-refractivity contribution in [3.63, 3.8) is 0 Å². The highest BCUT2D eigenvalue weighted by Crippen LogP contribution is 2.64. The second-order valence-electron chi connectivity index (χ2n) is 11.9. The zero-order chi connectivity index (χ0) is 32.8. The number of aliphatic hydroxyl groups excluding tert-OH is 2. The Labute approximate surface area is 256 Å². The van der Waals surface area contributed by atoms with Crippen LogP contribution in [0.5, 0.6) is 5.75 Å². The van der Waals surface area contributed by atoms with Crippen LogP contribution in [0.2, 0.25) is 0 Å². The van der Waals surface area contributed by atoms with E-state index in [2.05, 4.69) is 4.90 Å². The summed E-state index contributed by atoms with van der Waals surface area (Å²) >= 11 is 0. The summed E-state index contributed by atoms with van der Waals surface area (Å²) in [4.78, 5) is 62.6. The van der Waals surface area contributed by atoms with Gasteiger partial charge in [-0.1, -0.05) is 12.1 Å². The summed E-state index contributed by atoms with van der Waals surface area (Å²) in [7, 11) is 1.95. The lowest BCUT2D eigenvalue weighted by Gasteiger charge is -2.56. The van der Waals surface area contributed by atoms with Gasteiger partial charge in [-0.15, -0.1) is 0 Å². The molecule has 5 N–H and O–H groups in total. The maximum Gasteiger partial charge on any atom is 0.348 e. The number of hydrogen-bond donors (Lipinski definition) is 5. The number of benzene rings is 1. The minimum atomic E-state index is -2.16. The average molecular weight is 634 g/mol. The topological polar surface area (TPSA) is 227 Å². The summed E-state index contributed by atoms with van der Waals surface area (Å²) in [6, 6.07) is 3.39. The van der Waals surface area contributed by atoms with Crippen molar-refractivity contribution in [1.29, 1.82) is 0 Å². The standard InChI is InChI=1S/C30H35NO14/c1-14(26(36)37)42-28(40)19(44-21(34)11-17(33)27(38)39)12-22(35)43-18-6-8-30(41)20-10-15-4-5-16(13-32)24-23(15)29(30,25(18)45-24)7-3-9-31(20)2/h4-6,14,17,19-20,25,32-33,41H,3,7-13H2,1-2H3,(H,36,37)(H,38,39)/t14-,17-,19-,20+,25-,29-,30+/m0/s1. The van der Waals surface area contributed by atoms with Gasteiger partial charge in [-0.25, -0.2) is 14.4 Å². The minimum Gasteiger partial charge on any atom is -0.481 e. The number of aliphatic carboxylic acids is 2. The number of ether oxygens (including phenoxy) is 4. The molecule has 0 unspecified atom stereocenters. The van der Waals surface area contributed by atoms with Gasteiger partial charge in [0.2, 0.25) is 6.10 Å². The van der Waals surface area contributed by atoms with E-state index in [1.165, 1.54) is 6.08 Å². The molecule has 2 aliphatic carbocycles. The van der Waals surface area contributed by atoms with Crippen molar-refractivity contribution in [2.24, 2.45) is 0 Å². The van der Waals surface area contributed by atoms with Crippen LogP contribution >= 0.6 is 0 Å². The first-order chi connectivity index (χ1) is 21.2. The largest absolute Gasteiger partial charge is 0.481 e. The Kier molecular flexibility index (Phi) is 8.65. The quantitative estimate of drug-likeness (QED) is 0.154. The van der Waals surface area contributed by atoms with Gasteiger partial charge in [0, 0.05) is 23.6 Å². The molecular formula is C30H35NO14. The molecule has 1 spiro atoms. The van der Waals surface area contributed by atoms with Gasteiger partial charge in [0.05, 0.1) is 30.5 Å². The maximum atomic E-state index is 13.3. The smallest absolute Gasteiger partial charge is 0.348 e. The molecule has 1 aromatic rings. The lowest BCUT2D eigenvalue weighted by atomic mass is 9.52. The second kappa shape index (κ2) is 12.0. The van der Waals surface area contributed by atoms with Crippen molar-refractivity contribution in [2.45, 2.75) is 93.5 Å². The van der Waals surface area contributed by atoms with Crippen LogP contribution in [0.1, 0.15) is 55.7 Å². The normalized spacial score (nSPS) is 28.2. The zero-order valence-corrected chi connectivity index (χ0v) is 24.6. The number of hydrogen-bond acceptors (Lipinski definition) is 13. The van der Waals surface area contributed by atoms with Crippen LogP contribution in [0, 0.1) is 0 Å². The maximum absolute atomic E-state index is 13.3. The van der Waals surface area contributed by atoms with E-state index in [4.69, 9.17) is 29.2 Å². The Bertz CT molecular complexity index is 1460. The molecule has 1 fully saturated rings. The summed E-state index contributed by atoms with van der Waals surface area (Å²) in [5.74, 6) is -6.66. The van der Waals surface area contributed by atoms with Crippen molar-refractivity contribution in [3.05, 3.63) is 40.7 Å². The first-order valence-electron chi connectivity index (χ1n) is 14.5. The van der Waals surface area contributed by atoms with Gasteiger partial charge in [0.15, 0.2) is 18.3 Å². The van der Waals surface area contributed by atoms with Crippen LogP contribution < -0.4 is 4.74 Å². The van der Waals surface area contributed by atoms with E-state index in [1.807, 2.05) is 13.1 Å². The van der Waals surface area contributed by atoms with Crippen LogP contribution in [0.3, 0.4) is 0 Å². The van der Waals surface area contributed by atoms with Gasteiger partial charge >= 0.3 is 29.8 Å². The number of aliphatic hydroxyl groups is 3. The predicted molar refractivity (Wildman–Crippen MR) is 148 cm³/mol. The monoisotopic (exact) mass is 633 g/mol. The Balaban J connectivity index is 1.43. The molecule has 2 heterocycles. The van der Waals surface area contributed by atoms with Crippen molar-refractivity contribution < 1.29 is 68.5 Å². The van der Waals surface area contributed by atoms with Crippen molar-refractivity contribution in [3.8, 4) is 5.75 Å². The molecule has 0 aromatic heterocycles. The Morgan fingerprint density at radius 1 is 1.09 bits per heavy atom. The minimum absolute atomic E-state index is 0.0413. The fourth-order valence-electron chi connectivity index (χ4n) is 7.14. The number of esters is 3. The number of likely N-dealkylation sites (tertiary alicyclic amines) is 1. The van der Waals surface area contributed by atoms with E-state index in [-0.39, 0.29) is 24.8 Å². The van der Waals surface area contributed by atoms with Crippen LogP contribution in [-0.4, -0.2) is 110 Å². The molecular weight excluding hydrogens is 598 g/mol. The van der Waals surface area contributed by atoms with Crippen LogP contribution in [-0.2, 0) is 56.6 Å². The molecule has 2 aliphatic heterocycles. The van der Waals surface area contributed by atoms with Gasteiger partial charge in [0.1, 0.15) is 11.5 Å². The van der Waals surface area contributed by atoms with Gasteiger partial charge in [-0.3, -0.25) is 9.59 Å². The highest BCUT2D eigenvalue weighted by atomic mass is 16.6. The number of likely N-dealkylation sites (N-methyl/N-ethyl adjacent to an activating group) is 1. The van der Waals surface area contributed by atoms with Crippen LogP contribution in [0.15, 0.2) is 24.0 Å². The van der Waals surface area contributed by atoms with E-state index < -0.39 is 78.1 Å². The molecule has 0 radical (unpaired) electrons. The summed E-state index contributed by atoms with van der Waals surface area (Å²) in [6.45, 7) is 1.41. The highest BCUT2D eigenvalue weighted by molar-refractivity contribution is 5.87. The number of rotatable bonds is 11. The molecule has 7 atom stereocenters. The van der Waals surface area contributed by atoms with E-state index in [0.717, 1.165) is 18.1 Å². The molecule has 0 saturated carbocycles. The fraction of sp³-hybridized carbons (Fsp3) is 0.567.